The van der Waals surface area contributed by atoms with Crippen LogP contribution >= 0.6 is 11.8 Å². The minimum atomic E-state index is 0.431. The molecule has 1 aliphatic carbocycles. The quantitative estimate of drug-likeness (QED) is 0.762. The number of nitrogens with one attached hydrogen (secondary N) is 1. The van der Waals surface area contributed by atoms with Crippen LogP contribution in [0.3, 0.4) is 0 Å². The van der Waals surface area contributed by atoms with E-state index >= 15 is 0 Å². The van der Waals surface area contributed by atoms with Crippen LogP contribution < -0.4 is 5.32 Å². The summed E-state index contributed by atoms with van der Waals surface area (Å²) in [6.45, 7) is 2.07. The van der Waals surface area contributed by atoms with E-state index in [2.05, 4.69) is 29.3 Å². The summed E-state index contributed by atoms with van der Waals surface area (Å²) in [7, 11) is 4.34. The molecule has 0 radical (unpaired) electrons. The lowest BCUT2D eigenvalue weighted by Gasteiger charge is -2.25. The molecule has 3 nitrogen and oxygen atoms in total. The maximum Gasteiger partial charge on any atom is 0.156 e. The third-order valence-corrected chi connectivity index (χ3v) is 4.18. The van der Waals surface area contributed by atoms with Crippen LogP contribution in [0, 0.1) is 0 Å². The number of nitrogens with zero attached hydrogens (tertiary/aromatic N) is 2. The molecule has 0 spiro atoms. The summed E-state index contributed by atoms with van der Waals surface area (Å²) in [4.78, 5) is 6.81. The maximum atomic E-state index is 4.47. The zero-order valence-corrected chi connectivity index (χ0v) is 9.86. The van der Waals surface area contributed by atoms with E-state index in [9.17, 15) is 0 Å². The monoisotopic (exact) mass is 213 g/mol. The van der Waals surface area contributed by atoms with E-state index < -0.39 is 0 Å². The molecule has 0 unspecified atom stereocenters. The van der Waals surface area contributed by atoms with Crippen molar-refractivity contribution in [3.8, 4) is 0 Å². The van der Waals surface area contributed by atoms with Gasteiger partial charge >= 0.3 is 0 Å². The first-order chi connectivity index (χ1) is 6.73. The topological polar surface area (TPSA) is 27.6 Å². The lowest BCUT2D eigenvalue weighted by Crippen LogP contribution is -2.42. The fraction of sp³-hybridized carbons (Fsp3) is 0.900. The number of likely N-dealkylation sites (N-methyl/N-ethyl adjacent to an activating group) is 1. The summed E-state index contributed by atoms with van der Waals surface area (Å²) in [5, 5.41) is 4.63. The zero-order valence-electron chi connectivity index (χ0n) is 9.05. The molecule has 4 heteroatoms. The lowest BCUT2D eigenvalue weighted by atomic mass is 10.2. The van der Waals surface area contributed by atoms with Crippen LogP contribution in [0.5, 0.6) is 0 Å². The number of hydrogen-bond acceptors (Lipinski definition) is 4. The summed E-state index contributed by atoms with van der Waals surface area (Å²) in [5.74, 6) is 1.22. The Morgan fingerprint density at radius 3 is 2.79 bits per heavy atom. The molecule has 14 heavy (non-hydrogen) atoms. The Bertz CT molecular complexity index is 234. The molecule has 0 saturated heterocycles. The van der Waals surface area contributed by atoms with Gasteiger partial charge in [0.2, 0.25) is 0 Å². The summed E-state index contributed by atoms with van der Waals surface area (Å²) in [6.07, 6.45) is 3.88. The van der Waals surface area contributed by atoms with Gasteiger partial charge in [-0.15, -0.1) is 0 Å². The van der Waals surface area contributed by atoms with E-state index in [0.717, 1.165) is 18.3 Å². The van der Waals surface area contributed by atoms with Gasteiger partial charge in [0, 0.05) is 24.4 Å². The van der Waals surface area contributed by atoms with Crippen molar-refractivity contribution in [3.63, 3.8) is 0 Å². The zero-order chi connectivity index (χ0) is 10.0. The number of hydrogen-bond donors (Lipinski definition) is 1. The van der Waals surface area contributed by atoms with Gasteiger partial charge in [0.25, 0.3) is 0 Å². The summed E-state index contributed by atoms with van der Waals surface area (Å²) < 4.78 is 0. The fourth-order valence-electron chi connectivity index (χ4n) is 1.73. The molecule has 0 amide bonds. The first-order valence-electron chi connectivity index (χ1n) is 5.31. The fourth-order valence-corrected chi connectivity index (χ4v) is 2.56. The van der Waals surface area contributed by atoms with Crippen molar-refractivity contribution in [1.82, 2.24) is 10.2 Å². The van der Waals surface area contributed by atoms with E-state index in [-0.39, 0.29) is 0 Å². The smallest absolute Gasteiger partial charge is 0.156 e. The molecular formula is C10H19N3S. The molecule has 1 saturated carbocycles. The normalized spacial score (nSPS) is 24.6. The van der Waals surface area contributed by atoms with Crippen molar-refractivity contribution >= 4 is 16.9 Å². The van der Waals surface area contributed by atoms with Gasteiger partial charge in [0.15, 0.2) is 5.17 Å². The molecule has 1 heterocycles. The van der Waals surface area contributed by atoms with Crippen molar-refractivity contribution in [3.05, 3.63) is 0 Å². The molecular weight excluding hydrogens is 194 g/mol. The van der Waals surface area contributed by atoms with Crippen LogP contribution in [-0.4, -0.2) is 48.5 Å². The minimum Gasteiger partial charge on any atom is -0.363 e. The van der Waals surface area contributed by atoms with Crippen molar-refractivity contribution in [2.45, 2.75) is 24.8 Å². The highest BCUT2D eigenvalue weighted by Crippen LogP contribution is 2.39. The Kier molecular flexibility index (Phi) is 3.02. The Balaban J connectivity index is 1.79. The third-order valence-electron chi connectivity index (χ3n) is 3.14. The lowest BCUT2D eigenvalue weighted by molar-refractivity contribution is 0.272. The molecule has 1 N–H and O–H groups in total. The summed E-state index contributed by atoms with van der Waals surface area (Å²) in [6, 6.07) is 0. The van der Waals surface area contributed by atoms with Gasteiger partial charge < -0.3 is 10.2 Å². The van der Waals surface area contributed by atoms with Crippen molar-refractivity contribution in [2.24, 2.45) is 4.99 Å². The van der Waals surface area contributed by atoms with E-state index in [4.69, 9.17) is 0 Å². The second-order valence-corrected chi connectivity index (χ2v) is 5.44. The maximum absolute atomic E-state index is 4.47. The Morgan fingerprint density at radius 2 is 2.29 bits per heavy atom. The number of amidine groups is 1. The first kappa shape index (κ1) is 10.3. The highest BCUT2D eigenvalue weighted by atomic mass is 32.2. The Hall–Kier alpha value is -0.220. The van der Waals surface area contributed by atoms with Crippen molar-refractivity contribution in [2.75, 3.05) is 32.9 Å². The number of aliphatic imine (C=N–C) groups is 1. The summed E-state index contributed by atoms with van der Waals surface area (Å²) in [5.41, 5.74) is 0.431. The Morgan fingerprint density at radius 1 is 1.50 bits per heavy atom. The molecule has 1 fully saturated rings. The van der Waals surface area contributed by atoms with E-state index in [0.29, 0.717) is 5.54 Å². The molecule has 0 bridgehead atoms. The molecule has 0 atom stereocenters. The van der Waals surface area contributed by atoms with Gasteiger partial charge in [-0.1, -0.05) is 11.8 Å². The van der Waals surface area contributed by atoms with Crippen LogP contribution in [-0.2, 0) is 0 Å². The highest BCUT2D eigenvalue weighted by molar-refractivity contribution is 8.13. The summed E-state index contributed by atoms with van der Waals surface area (Å²) >= 11 is 1.86. The number of thioether (sulfide) groups is 1. The first-order valence-corrected chi connectivity index (χ1v) is 6.30. The van der Waals surface area contributed by atoms with E-state index in [1.54, 1.807) is 0 Å². The average molecular weight is 213 g/mol. The molecule has 1 aliphatic heterocycles. The van der Waals surface area contributed by atoms with Gasteiger partial charge in [-0.05, 0) is 33.4 Å². The van der Waals surface area contributed by atoms with E-state index in [1.807, 2.05) is 11.8 Å². The van der Waals surface area contributed by atoms with Crippen LogP contribution in [0.1, 0.15) is 19.3 Å². The molecule has 0 aromatic heterocycles. The second-order valence-electron chi connectivity index (χ2n) is 4.36. The van der Waals surface area contributed by atoms with Crippen LogP contribution in [0.4, 0.5) is 0 Å². The molecule has 2 aliphatic rings. The van der Waals surface area contributed by atoms with E-state index in [1.165, 1.54) is 25.0 Å². The molecule has 0 aromatic carbocycles. The molecule has 80 valence electrons. The largest absolute Gasteiger partial charge is 0.363 e. The van der Waals surface area contributed by atoms with Gasteiger partial charge in [-0.2, -0.15) is 0 Å². The number of rotatable bonds is 3. The van der Waals surface area contributed by atoms with Crippen LogP contribution in [0.15, 0.2) is 4.99 Å². The van der Waals surface area contributed by atoms with Crippen molar-refractivity contribution in [1.29, 1.82) is 0 Å². The van der Waals surface area contributed by atoms with Crippen molar-refractivity contribution < 1.29 is 0 Å². The standard InChI is InChI=1S/C10H19N3S/c1-13(2)10(4-5-10)8-12-9-11-6-3-7-14-9/h3-8H2,1-2H3,(H,11,12). The highest BCUT2D eigenvalue weighted by Gasteiger charge is 2.44. The van der Waals surface area contributed by atoms with Gasteiger partial charge in [-0.3, -0.25) is 4.99 Å². The van der Waals surface area contributed by atoms with Gasteiger partial charge in [-0.25, -0.2) is 0 Å². The predicted molar refractivity (Wildman–Crippen MR) is 63.0 cm³/mol. The van der Waals surface area contributed by atoms with Gasteiger partial charge in [0.1, 0.15) is 0 Å². The minimum absolute atomic E-state index is 0.431. The van der Waals surface area contributed by atoms with Crippen LogP contribution in [0.25, 0.3) is 0 Å². The van der Waals surface area contributed by atoms with Gasteiger partial charge in [0.05, 0.1) is 0 Å². The Labute approximate surface area is 90.3 Å². The third kappa shape index (κ3) is 2.23. The molecule has 0 aromatic rings. The second kappa shape index (κ2) is 4.11. The average Bonchev–Trinajstić information content (AvgIpc) is 2.97. The SMILES string of the molecule is CN(C)C1(CNC2=NCCCS2)CC1. The van der Waals surface area contributed by atoms with Crippen LogP contribution in [0.2, 0.25) is 0 Å². The molecule has 2 rings (SSSR count). The predicted octanol–water partition coefficient (Wildman–Crippen LogP) is 1.16.